The molecule has 0 radical (unpaired) electrons. The first-order valence-corrected chi connectivity index (χ1v) is 20.3. The fourth-order valence-corrected chi connectivity index (χ4v) is 9.11. The molecule has 1 aliphatic rings. The van der Waals surface area contributed by atoms with Crippen molar-refractivity contribution in [2.45, 2.75) is 55.5 Å². The van der Waals surface area contributed by atoms with E-state index in [2.05, 4.69) is 55.2 Å². The molecule has 7 rings (SSSR count). The number of amides is 3. The van der Waals surface area contributed by atoms with Crippen LogP contribution in [0, 0.1) is 0 Å². The molecule has 0 saturated heterocycles. The lowest BCUT2D eigenvalue weighted by Gasteiger charge is -2.22. The van der Waals surface area contributed by atoms with E-state index < -0.39 is 32.3 Å². The Balaban J connectivity index is 1.23. The van der Waals surface area contributed by atoms with Crippen molar-refractivity contribution >= 4 is 55.9 Å². The van der Waals surface area contributed by atoms with Crippen molar-refractivity contribution in [3.63, 3.8) is 0 Å². The summed E-state index contributed by atoms with van der Waals surface area (Å²) >= 11 is 0.661. The quantitative estimate of drug-likeness (QED) is 0.146. The van der Waals surface area contributed by atoms with Gasteiger partial charge in [0.2, 0.25) is 10.7 Å². The fourth-order valence-electron chi connectivity index (χ4n) is 6.98. The number of hydrogen-bond donors (Lipinski definition) is 2. The van der Waals surface area contributed by atoms with Crippen LogP contribution in [0.15, 0.2) is 113 Å². The second-order valence-corrected chi connectivity index (χ2v) is 16.3. The highest BCUT2D eigenvalue weighted by molar-refractivity contribution is 7.92. The molecule has 56 heavy (non-hydrogen) atoms. The van der Waals surface area contributed by atoms with Crippen molar-refractivity contribution in [3.8, 4) is 5.75 Å². The molecule has 6 aromatic rings. The summed E-state index contributed by atoms with van der Waals surface area (Å²) in [5, 5.41) is 7.75. The lowest BCUT2D eigenvalue weighted by atomic mass is 9.98. The second-order valence-electron chi connectivity index (χ2n) is 13.5. The predicted molar refractivity (Wildman–Crippen MR) is 212 cm³/mol. The van der Waals surface area contributed by atoms with Gasteiger partial charge in [-0.05, 0) is 78.3 Å². The van der Waals surface area contributed by atoms with Crippen LogP contribution in [0.2, 0.25) is 0 Å². The van der Waals surface area contributed by atoms with Crippen LogP contribution in [0.1, 0.15) is 71.3 Å². The number of carbonyl (C=O) groups is 3. The number of nitrogens with one attached hydrogen (secondary N) is 2. The van der Waals surface area contributed by atoms with E-state index in [9.17, 15) is 22.8 Å². The third kappa shape index (κ3) is 8.43. The molecule has 0 aliphatic heterocycles. The minimum Gasteiger partial charge on any atom is -0.496 e. The Morgan fingerprint density at radius 1 is 0.929 bits per heavy atom. The van der Waals surface area contributed by atoms with Crippen LogP contribution < -0.4 is 19.6 Å². The van der Waals surface area contributed by atoms with E-state index >= 15 is 0 Å². The Bertz CT molecular complexity index is 2550. The summed E-state index contributed by atoms with van der Waals surface area (Å²) in [6.07, 6.45) is 5.72. The van der Waals surface area contributed by atoms with Crippen molar-refractivity contribution in [1.82, 2.24) is 19.1 Å². The number of rotatable bonds is 11. The van der Waals surface area contributed by atoms with Crippen molar-refractivity contribution in [2.24, 2.45) is 12.0 Å². The molecule has 13 nitrogen and oxygen atoms in total. The average molecular weight is 793 g/mol. The molecule has 3 amide bonds. The van der Waals surface area contributed by atoms with Crippen LogP contribution in [-0.2, 0) is 33.0 Å². The van der Waals surface area contributed by atoms with E-state index in [1.807, 2.05) is 54.6 Å². The highest BCUT2D eigenvalue weighted by atomic mass is 32.2. The minimum absolute atomic E-state index is 0.0478. The van der Waals surface area contributed by atoms with Gasteiger partial charge in [0.25, 0.3) is 20.3 Å². The highest BCUT2D eigenvalue weighted by Crippen LogP contribution is 2.36. The van der Waals surface area contributed by atoms with Crippen LogP contribution in [0.25, 0.3) is 10.9 Å². The smallest absolute Gasteiger partial charge is 0.411 e. The molecule has 1 aliphatic carbocycles. The van der Waals surface area contributed by atoms with Crippen molar-refractivity contribution < 1.29 is 32.3 Å². The van der Waals surface area contributed by atoms with E-state index in [0.29, 0.717) is 29.2 Å². The van der Waals surface area contributed by atoms with Gasteiger partial charge in [-0.2, -0.15) is 13.4 Å². The van der Waals surface area contributed by atoms with Gasteiger partial charge < -0.3 is 14.0 Å². The zero-order valence-corrected chi connectivity index (χ0v) is 32.6. The maximum absolute atomic E-state index is 13.3. The summed E-state index contributed by atoms with van der Waals surface area (Å²) < 4.78 is 42.7. The van der Waals surface area contributed by atoms with Crippen molar-refractivity contribution in [1.29, 1.82) is 0 Å². The number of fused-ring (bicyclic) bond motifs is 1. The molecule has 15 heteroatoms. The zero-order valence-electron chi connectivity index (χ0n) is 31.0. The fraction of sp³-hybridized carbons (Fsp3) is 0.244. The van der Waals surface area contributed by atoms with Crippen LogP contribution in [-0.4, -0.2) is 53.9 Å². The number of carbonyl (C=O) groups excluding carboxylic acids is 3. The molecule has 0 bridgehead atoms. The third-order valence-electron chi connectivity index (χ3n) is 9.57. The number of hydrogen-bond acceptors (Lipinski definition) is 9. The van der Waals surface area contributed by atoms with Gasteiger partial charge in [0.05, 0.1) is 13.2 Å². The summed E-state index contributed by atoms with van der Waals surface area (Å²) in [6.45, 7) is 1.24. The maximum Gasteiger partial charge on any atom is 0.411 e. The van der Waals surface area contributed by atoms with E-state index in [1.165, 1.54) is 33.2 Å². The number of aromatic nitrogens is 3. The molecule has 0 unspecified atom stereocenters. The SMILES string of the molecule is COc1cc(C(=O)NS(=O)(=O)c2nn(C)c(=NC(C)=O)s2)ccc1Cc1cn(C(c2ccccc2)c2ccccc2)c2ccc(NC(=O)OC3CCCC3)cc12. The number of sulfonamides is 1. The predicted octanol–water partition coefficient (Wildman–Crippen LogP) is 6.73. The van der Waals surface area contributed by atoms with Gasteiger partial charge in [-0.25, -0.2) is 14.2 Å². The minimum atomic E-state index is -4.39. The first-order valence-electron chi connectivity index (χ1n) is 18.0. The number of benzene rings is 4. The van der Waals surface area contributed by atoms with Crippen LogP contribution in [0.5, 0.6) is 5.75 Å². The number of nitrogens with zero attached hydrogens (tertiary/aromatic N) is 4. The number of anilines is 1. The largest absolute Gasteiger partial charge is 0.496 e. The van der Waals surface area contributed by atoms with Gasteiger partial charge >= 0.3 is 6.09 Å². The average Bonchev–Trinajstić information content (AvgIpc) is 3.92. The molecule has 0 atom stereocenters. The Morgan fingerprint density at radius 2 is 1.61 bits per heavy atom. The number of aryl methyl sites for hydroxylation is 1. The first-order chi connectivity index (χ1) is 27.0. The van der Waals surface area contributed by atoms with Crippen molar-refractivity contribution in [2.75, 3.05) is 12.4 Å². The number of methoxy groups -OCH3 is 1. The first kappa shape index (κ1) is 38.2. The zero-order chi connectivity index (χ0) is 39.4. The lowest BCUT2D eigenvalue weighted by molar-refractivity contribution is -0.116. The molecule has 0 spiro atoms. The number of ether oxygens (including phenoxy) is 2. The summed E-state index contributed by atoms with van der Waals surface area (Å²) in [7, 11) is -1.45. The Morgan fingerprint density at radius 3 is 2.25 bits per heavy atom. The normalized spacial score (nSPS) is 13.6. The monoisotopic (exact) mass is 792 g/mol. The van der Waals surface area contributed by atoms with Gasteiger partial charge in [-0.15, -0.1) is 5.10 Å². The lowest BCUT2D eigenvalue weighted by Crippen LogP contribution is -2.30. The molecular formula is C41H40N6O7S2. The summed E-state index contributed by atoms with van der Waals surface area (Å²) in [4.78, 5) is 41.5. The van der Waals surface area contributed by atoms with Gasteiger partial charge in [0.1, 0.15) is 11.9 Å². The van der Waals surface area contributed by atoms with Crippen LogP contribution in [0.4, 0.5) is 10.5 Å². The Kier molecular flexibility index (Phi) is 11.2. The second kappa shape index (κ2) is 16.4. The molecular weight excluding hydrogens is 753 g/mol. The summed E-state index contributed by atoms with van der Waals surface area (Å²) in [6, 6.07) is 30.8. The van der Waals surface area contributed by atoms with Crippen LogP contribution in [0.3, 0.4) is 0 Å². The summed E-state index contributed by atoms with van der Waals surface area (Å²) in [5.41, 5.74) is 5.40. The van der Waals surface area contributed by atoms with E-state index in [1.54, 1.807) is 6.07 Å². The maximum atomic E-state index is 13.3. The molecule has 1 saturated carbocycles. The van der Waals surface area contributed by atoms with E-state index in [4.69, 9.17) is 9.47 Å². The third-order valence-corrected chi connectivity index (χ3v) is 12.3. The molecule has 2 heterocycles. The van der Waals surface area contributed by atoms with Crippen molar-refractivity contribution in [3.05, 3.63) is 136 Å². The van der Waals surface area contributed by atoms with E-state index in [-0.39, 0.29) is 22.5 Å². The molecule has 288 valence electrons. The van der Waals surface area contributed by atoms with Crippen LogP contribution >= 0.6 is 11.3 Å². The highest BCUT2D eigenvalue weighted by Gasteiger charge is 2.26. The standard InChI is InChI=1S/C41H40N6O7S2/c1-26(48)42-39-46(2)44-41(55-39)56(51,52)45-38(49)30-19-18-29(36(23-30)53-3)22-31-25-47(37(27-12-6-4-7-13-27)28-14-8-5-9-15-28)35-21-20-32(24-34(31)35)43-40(50)54-33-16-10-11-17-33/h4-9,12-15,18-21,23-25,33,37H,10-11,16-17,22H2,1-3H3,(H,43,50)(H,45,49). The molecule has 4 aromatic carbocycles. The molecule has 1 fully saturated rings. The van der Waals surface area contributed by atoms with Gasteiger partial charge in [-0.1, -0.05) is 78.1 Å². The van der Waals surface area contributed by atoms with Gasteiger partial charge in [-0.3, -0.25) is 14.9 Å². The Hall–Kier alpha value is -6.06. The van der Waals surface area contributed by atoms with Gasteiger partial charge in [0, 0.05) is 48.7 Å². The molecule has 2 aromatic heterocycles. The van der Waals surface area contributed by atoms with E-state index in [0.717, 1.165) is 63.5 Å². The molecule has 2 N–H and O–H groups in total. The topological polar surface area (TPSA) is 163 Å². The Labute approximate surface area is 327 Å². The van der Waals surface area contributed by atoms with Gasteiger partial charge in [0.15, 0.2) is 0 Å². The summed E-state index contributed by atoms with van der Waals surface area (Å²) in [5.74, 6) is -1.03.